The molecule has 0 aliphatic rings. The molecule has 3 rings (SSSR count). The van der Waals surface area contributed by atoms with Gasteiger partial charge in [0.05, 0.1) is 17.6 Å². The van der Waals surface area contributed by atoms with Crippen molar-refractivity contribution in [3.63, 3.8) is 0 Å². The molecule has 1 unspecified atom stereocenters. The van der Waals surface area contributed by atoms with Crippen molar-refractivity contribution in [3.8, 4) is 0 Å². The minimum absolute atomic E-state index is 0.000758. The molecular formula is C18H19N3O. The molecule has 1 heterocycles. The molecule has 0 aliphatic carbocycles. The lowest BCUT2D eigenvalue weighted by molar-refractivity contribution is 0.437. The Balaban J connectivity index is 1.71. The molecule has 0 bridgehead atoms. The zero-order valence-electron chi connectivity index (χ0n) is 12.6. The second-order valence-corrected chi connectivity index (χ2v) is 5.45. The van der Waals surface area contributed by atoms with Crippen molar-refractivity contribution >= 4 is 10.8 Å². The number of benzene rings is 2. The predicted molar refractivity (Wildman–Crippen MR) is 88.9 cm³/mol. The molecule has 0 fully saturated rings. The third kappa shape index (κ3) is 3.07. The van der Waals surface area contributed by atoms with Gasteiger partial charge in [0.2, 0.25) is 0 Å². The van der Waals surface area contributed by atoms with Crippen LogP contribution in [0, 0.1) is 0 Å². The molecule has 0 radical (unpaired) electrons. The Morgan fingerprint density at radius 1 is 1.09 bits per heavy atom. The molecule has 0 saturated carbocycles. The number of fused-ring (bicyclic) bond motifs is 1. The van der Waals surface area contributed by atoms with E-state index in [-0.39, 0.29) is 11.6 Å². The Kier molecular flexibility index (Phi) is 4.30. The molecule has 1 aromatic heterocycles. The van der Waals surface area contributed by atoms with E-state index in [9.17, 15) is 4.79 Å². The van der Waals surface area contributed by atoms with E-state index < -0.39 is 0 Å². The first-order chi connectivity index (χ1) is 10.8. The van der Waals surface area contributed by atoms with Gasteiger partial charge in [0.15, 0.2) is 0 Å². The summed E-state index contributed by atoms with van der Waals surface area (Å²) in [5, 5.41) is 9.27. The summed E-state index contributed by atoms with van der Waals surface area (Å²) in [5.74, 6) is 0. The van der Waals surface area contributed by atoms with Gasteiger partial charge in [0.25, 0.3) is 5.56 Å². The van der Waals surface area contributed by atoms with Crippen LogP contribution in [-0.4, -0.2) is 16.3 Å². The second kappa shape index (κ2) is 6.54. The maximum absolute atomic E-state index is 12.5. The highest BCUT2D eigenvalue weighted by atomic mass is 16.1. The zero-order chi connectivity index (χ0) is 15.4. The molecule has 0 spiro atoms. The van der Waals surface area contributed by atoms with Crippen molar-refractivity contribution in [3.05, 3.63) is 76.7 Å². The molecule has 0 amide bonds. The summed E-state index contributed by atoms with van der Waals surface area (Å²) in [4.78, 5) is 12.5. The van der Waals surface area contributed by atoms with Gasteiger partial charge in [-0.25, -0.2) is 4.68 Å². The summed E-state index contributed by atoms with van der Waals surface area (Å²) < 4.78 is 1.56. The monoisotopic (exact) mass is 293 g/mol. The molecule has 4 heteroatoms. The van der Waals surface area contributed by atoms with Crippen LogP contribution in [0.5, 0.6) is 0 Å². The molecular weight excluding hydrogens is 274 g/mol. The summed E-state index contributed by atoms with van der Waals surface area (Å²) in [5.41, 5.74) is 1.20. The van der Waals surface area contributed by atoms with Crippen molar-refractivity contribution in [1.82, 2.24) is 15.1 Å². The zero-order valence-corrected chi connectivity index (χ0v) is 12.6. The van der Waals surface area contributed by atoms with Crippen molar-refractivity contribution in [2.24, 2.45) is 0 Å². The third-order valence-electron chi connectivity index (χ3n) is 3.75. The lowest BCUT2D eigenvalue weighted by Crippen LogP contribution is -2.32. The third-order valence-corrected chi connectivity index (χ3v) is 3.75. The van der Waals surface area contributed by atoms with Gasteiger partial charge in [-0.05, 0) is 18.6 Å². The van der Waals surface area contributed by atoms with Crippen LogP contribution < -0.4 is 10.9 Å². The van der Waals surface area contributed by atoms with Gasteiger partial charge in [0, 0.05) is 18.5 Å². The lowest BCUT2D eigenvalue weighted by atomic mass is 10.2. The van der Waals surface area contributed by atoms with E-state index in [1.165, 1.54) is 5.56 Å². The van der Waals surface area contributed by atoms with E-state index in [0.717, 1.165) is 11.9 Å². The van der Waals surface area contributed by atoms with Crippen molar-refractivity contribution in [2.45, 2.75) is 19.5 Å². The number of nitrogens with one attached hydrogen (secondary N) is 1. The van der Waals surface area contributed by atoms with Gasteiger partial charge in [-0.3, -0.25) is 4.79 Å². The first-order valence-electron chi connectivity index (χ1n) is 7.47. The van der Waals surface area contributed by atoms with Crippen LogP contribution in [0.4, 0.5) is 0 Å². The largest absolute Gasteiger partial charge is 0.311 e. The van der Waals surface area contributed by atoms with Crippen molar-refractivity contribution < 1.29 is 0 Å². The van der Waals surface area contributed by atoms with Crippen LogP contribution in [0.3, 0.4) is 0 Å². The van der Waals surface area contributed by atoms with Gasteiger partial charge in [-0.2, -0.15) is 5.10 Å². The van der Waals surface area contributed by atoms with E-state index in [2.05, 4.69) is 22.5 Å². The van der Waals surface area contributed by atoms with E-state index in [0.29, 0.717) is 11.9 Å². The number of hydrogen-bond acceptors (Lipinski definition) is 3. The van der Waals surface area contributed by atoms with Gasteiger partial charge in [-0.15, -0.1) is 0 Å². The topological polar surface area (TPSA) is 46.9 Å². The average molecular weight is 293 g/mol. The number of rotatable bonds is 5. The summed E-state index contributed by atoms with van der Waals surface area (Å²) >= 11 is 0. The van der Waals surface area contributed by atoms with Crippen LogP contribution in [0.25, 0.3) is 10.8 Å². The molecule has 0 aliphatic heterocycles. The summed E-state index contributed by atoms with van der Waals surface area (Å²) in [7, 11) is 0. The predicted octanol–water partition coefficient (Wildman–Crippen LogP) is 2.75. The van der Waals surface area contributed by atoms with Crippen LogP contribution in [0.2, 0.25) is 0 Å². The Labute approximate surface area is 129 Å². The number of nitrogens with zero attached hydrogens (tertiary/aromatic N) is 2. The van der Waals surface area contributed by atoms with Gasteiger partial charge < -0.3 is 5.32 Å². The van der Waals surface area contributed by atoms with Gasteiger partial charge in [-0.1, -0.05) is 48.5 Å². The minimum atomic E-state index is -0.0351. The molecule has 1 N–H and O–H groups in total. The van der Waals surface area contributed by atoms with E-state index in [1.807, 2.05) is 49.4 Å². The van der Waals surface area contributed by atoms with Crippen molar-refractivity contribution in [1.29, 1.82) is 0 Å². The molecule has 3 aromatic rings. The van der Waals surface area contributed by atoms with Crippen LogP contribution in [0.1, 0.15) is 18.5 Å². The Morgan fingerprint density at radius 2 is 1.82 bits per heavy atom. The molecule has 4 nitrogen and oxygen atoms in total. The van der Waals surface area contributed by atoms with Gasteiger partial charge >= 0.3 is 0 Å². The fraction of sp³-hybridized carbons (Fsp3) is 0.222. The Bertz CT molecular complexity index is 811. The minimum Gasteiger partial charge on any atom is -0.311 e. The van der Waals surface area contributed by atoms with Crippen LogP contribution in [0.15, 0.2) is 65.6 Å². The average Bonchev–Trinajstić information content (AvgIpc) is 2.56. The molecule has 112 valence electrons. The number of hydrogen-bond donors (Lipinski definition) is 1. The fourth-order valence-electron chi connectivity index (χ4n) is 2.53. The van der Waals surface area contributed by atoms with Gasteiger partial charge in [0.1, 0.15) is 0 Å². The van der Waals surface area contributed by atoms with E-state index >= 15 is 0 Å². The maximum Gasteiger partial charge on any atom is 0.274 e. The number of aromatic nitrogens is 2. The molecule has 22 heavy (non-hydrogen) atoms. The maximum atomic E-state index is 12.5. The summed E-state index contributed by atoms with van der Waals surface area (Å²) in [6.45, 7) is 3.48. The smallest absolute Gasteiger partial charge is 0.274 e. The van der Waals surface area contributed by atoms with E-state index in [4.69, 9.17) is 0 Å². The SMILES string of the molecule is CC(CNCc1ccccc1)n1ncc2ccccc2c1=O. The van der Waals surface area contributed by atoms with Crippen LogP contribution >= 0.6 is 0 Å². The first kappa shape index (κ1) is 14.5. The summed E-state index contributed by atoms with van der Waals surface area (Å²) in [6, 6.07) is 17.8. The molecule has 0 saturated heterocycles. The highest BCUT2D eigenvalue weighted by Gasteiger charge is 2.10. The second-order valence-electron chi connectivity index (χ2n) is 5.45. The fourth-order valence-corrected chi connectivity index (χ4v) is 2.53. The van der Waals surface area contributed by atoms with Crippen molar-refractivity contribution in [2.75, 3.05) is 6.54 Å². The highest BCUT2D eigenvalue weighted by Crippen LogP contribution is 2.08. The highest BCUT2D eigenvalue weighted by molar-refractivity contribution is 5.80. The van der Waals surface area contributed by atoms with E-state index in [1.54, 1.807) is 10.9 Å². The summed E-state index contributed by atoms with van der Waals surface area (Å²) in [6.07, 6.45) is 1.75. The van der Waals surface area contributed by atoms with Crippen LogP contribution in [-0.2, 0) is 6.54 Å². The quantitative estimate of drug-likeness (QED) is 0.787. The Morgan fingerprint density at radius 3 is 2.64 bits per heavy atom. The molecule has 2 aromatic carbocycles. The normalized spacial score (nSPS) is 12.4. The standard InChI is InChI=1S/C18H19N3O/c1-14(11-19-12-15-7-3-2-4-8-15)21-18(22)17-10-6-5-9-16(17)13-20-21/h2-10,13-14,19H,11-12H2,1H3. The first-order valence-corrected chi connectivity index (χ1v) is 7.47. The molecule has 1 atom stereocenters. The Hall–Kier alpha value is -2.46. The lowest BCUT2D eigenvalue weighted by Gasteiger charge is -2.15.